The van der Waals surface area contributed by atoms with Crippen molar-refractivity contribution in [1.29, 1.82) is 0 Å². The van der Waals surface area contributed by atoms with E-state index in [0.29, 0.717) is 0 Å². The Bertz CT molecular complexity index is 268. The summed E-state index contributed by atoms with van der Waals surface area (Å²) in [5.74, 6) is -0.337. The van der Waals surface area contributed by atoms with Crippen molar-refractivity contribution in [1.82, 2.24) is 0 Å². The predicted molar refractivity (Wildman–Crippen MR) is 69.4 cm³/mol. The van der Waals surface area contributed by atoms with Crippen LogP contribution in [0.2, 0.25) is 18.1 Å². The fourth-order valence-electron chi connectivity index (χ4n) is 1.14. The summed E-state index contributed by atoms with van der Waals surface area (Å²) in [5, 5.41) is 0.0598. The molecule has 17 heavy (non-hydrogen) atoms. The van der Waals surface area contributed by atoms with E-state index in [1.54, 1.807) is 0 Å². The molecule has 0 saturated carbocycles. The second-order valence-corrected chi connectivity index (χ2v) is 10.4. The van der Waals surface area contributed by atoms with Crippen LogP contribution in [0.4, 0.5) is 0 Å². The largest absolute Gasteiger partial charge is 0.469 e. The van der Waals surface area contributed by atoms with Gasteiger partial charge >= 0.3 is 5.97 Å². The van der Waals surface area contributed by atoms with Crippen molar-refractivity contribution in [2.24, 2.45) is 0 Å². The lowest BCUT2D eigenvalue weighted by atomic mass is 10.2. The number of rotatable bonds is 6. The zero-order valence-corrected chi connectivity index (χ0v) is 12.7. The van der Waals surface area contributed by atoms with Gasteiger partial charge in [0, 0.05) is 6.42 Å². The van der Waals surface area contributed by atoms with Crippen LogP contribution in [0.3, 0.4) is 0 Å². The first kappa shape index (κ1) is 16.3. The van der Waals surface area contributed by atoms with E-state index in [2.05, 4.69) is 38.6 Å². The standard InChI is InChI=1S/C12H24O4Si/c1-12(2,3)17(5,6)16-10(7-8-13)9-11(14)15-4/h8,10H,7,9H2,1-6H3/t10-/m1/s1. The first-order chi connectivity index (χ1) is 7.64. The molecule has 100 valence electrons. The number of methoxy groups -OCH3 is 1. The molecule has 0 fully saturated rings. The van der Waals surface area contributed by atoms with Gasteiger partial charge in [0.1, 0.15) is 6.29 Å². The monoisotopic (exact) mass is 260 g/mol. The first-order valence-corrected chi connectivity index (χ1v) is 8.73. The number of hydrogen-bond acceptors (Lipinski definition) is 4. The van der Waals surface area contributed by atoms with Crippen molar-refractivity contribution >= 4 is 20.6 Å². The Morgan fingerprint density at radius 3 is 2.24 bits per heavy atom. The van der Waals surface area contributed by atoms with Crippen LogP contribution in [0.1, 0.15) is 33.6 Å². The van der Waals surface area contributed by atoms with E-state index in [0.717, 1.165) is 6.29 Å². The van der Waals surface area contributed by atoms with Gasteiger partial charge in [0.05, 0.1) is 19.6 Å². The molecule has 1 atom stereocenters. The van der Waals surface area contributed by atoms with Gasteiger partial charge in [-0.15, -0.1) is 0 Å². The van der Waals surface area contributed by atoms with Gasteiger partial charge in [-0.25, -0.2) is 0 Å². The minimum Gasteiger partial charge on any atom is -0.469 e. The van der Waals surface area contributed by atoms with E-state index < -0.39 is 8.32 Å². The fourth-order valence-corrected chi connectivity index (χ4v) is 2.51. The highest BCUT2D eigenvalue weighted by Crippen LogP contribution is 2.37. The highest BCUT2D eigenvalue weighted by Gasteiger charge is 2.39. The van der Waals surface area contributed by atoms with Crippen molar-refractivity contribution in [2.45, 2.75) is 57.8 Å². The highest BCUT2D eigenvalue weighted by atomic mass is 28.4. The van der Waals surface area contributed by atoms with E-state index in [1.165, 1.54) is 7.11 Å². The van der Waals surface area contributed by atoms with Gasteiger partial charge in [-0.05, 0) is 18.1 Å². The van der Waals surface area contributed by atoms with Gasteiger partial charge < -0.3 is 14.0 Å². The second-order valence-electron chi connectivity index (χ2n) is 5.68. The molecule has 0 aromatic heterocycles. The fraction of sp³-hybridized carbons (Fsp3) is 0.833. The maximum Gasteiger partial charge on any atom is 0.308 e. The number of carbonyl (C=O) groups excluding carboxylic acids is 2. The van der Waals surface area contributed by atoms with Crippen LogP contribution in [0.25, 0.3) is 0 Å². The molecule has 0 bridgehead atoms. The van der Waals surface area contributed by atoms with Crippen LogP contribution in [0.15, 0.2) is 0 Å². The van der Waals surface area contributed by atoms with E-state index in [-0.39, 0.29) is 30.0 Å². The highest BCUT2D eigenvalue weighted by molar-refractivity contribution is 6.74. The lowest BCUT2D eigenvalue weighted by Crippen LogP contribution is -2.44. The minimum atomic E-state index is -1.95. The number of aldehydes is 1. The van der Waals surface area contributed by atoms with Gasteiger partial charge in [-0.3, -0.25) is 4.79 Å². The molecule has 0 aliphatic rings. The van der Waals surface area contributed by atoms with Crippen LogP contribution in [0.5, 0.6) is 0 Å². The number of esters is 1. The molecule has 0 unspecified atom stereocenters. The Labute approximate surface area is 105 Å². The Balaban J connectivity index is 4.64. The van der Waals surface area contributed by atoms with Crippen molar-refractivity contribution in [3.63, 3.8) is 0 Å². The summed E-state index contributed by atoms with van der Waals surface area (Å²) in [6, 6.07) is 0. The Hall–Kier alpha value is -0.683. The first-order valence-electron chi connectivity index (χ1n) is 5.82. The smallest absolute Gasteiger partial charge is 0.308 e. The Kier molecular flexibility index (Phi) is 6.05. The molecular weight excluding hydrogens is 236 g/mol. The molecule has 0 aliphatic heterocycles. The summed E-state index contributed by atoms with van der Waals surface area (Å²) in [6.07, 6.45) is 0.810. The van der Waals surface area contributed by atoms with Gasteiger partial charge in [-0.1, -0.05) is 20.8 Å². The molecular formula is C12H24O4Si. The number of ether oxygens (including phenoxy) is 1. The molecule has 0 saturated heterocycles. The summed E-state index contributed by atoms with van der Waals surface area (Å²) < 4.78 is 10.6. The Morgan fingerprint density at radius 1 is 1.35 bits per heavy atom. The van der Waals surface area contributed by atoms with E-state index >= 15 is 0 Å². The van der Waals surface area contributed by atoms with E-state index in [9.17, 15) is 9.59 Å². The molecule has 0 spiro atoms. The normalized spacial score (nSPS) is 14.2. The zero-order chi connectivity index (χ0) is 13.7. The van der Waals surface area contributed by atoms with Crippen LogP contribution in [-0.4, -0.2) is 33.8 Å². The molecule has 0 N–H and O–H groups in total. The Morgan fingerprint density at radius 2 is 1.88 bits per heavy atom. The van der Waals surface area contributed by atoms with Crippen LogP contribution in [0, 0.1) is 0 Å². The molecule has 0 aliphatic carbocycles. The zero-order valence-electron chi connectivity index (χ0n) is 11.7. The molecule has 5 heteroatoms. The van der Waals surface area contributed by atoms with Gasteiger partial charge in [-0.2, -0.15) is 0 Å². The summed E-state index contributed by atoms with van der Waals surface area (Å²) >= 11 is 0. The number of carbonyl (C=O) groups is 2. The van der Waals surface area contributed by atoms with Crippen molar-refractivity contribution < 1.29 is 18.8 Å². The summed E-state index contributed by atoms with van der Waals surface area (Å²) in [7, 11) is -0.612. The summed E-state index contributed by atoms with van der Waals surface area (Å²) in [6.45, 7) is 10.6. The van der Waals surface area contributed by atoms with Crippen molar-refractivity contribution in [3.05, 3.63) is 0 Å². The van der Waals surface area contributed by atoms with Crippen molar-refractivity contribution in [3.8, 4) is 0 Å². The third kappa shape index (κ3) is 5.45. The molecule has 4 nitrogen and oxygen atoms in total. The minimum absolute atomic E-state index is 0.0598. The number of hydrogen-bond donors (Lipinski definition) is 0. The summed E-state index contributed by atoms with van der Waals surface area (Å²) in [5.41, 5.74) is 0. The van der Waals surface area contributed by atoms with Gasteiger partial charge in [0.2, 0.25) is 0 Å². The maximum atomic E-state index is 11.2. The molecule has 0 aromatic carbocycles. The predicted octanol–water partition coefficient (Wildman–Crippen LogP) is 2.53. The molecule has 0 radical (unpaired) electrons. The van der Waals surface area contributed by atoms with Crippen LogP contribution < -0.4 is 0 Å². The van der Waals surface area contributed by atoms with E-state index in [1.807, 2.05) is 0 Å². The van der Waals surface area contributed by atoms with Gasteiger partial charge in [0.15, 0.2) is 8.32 Å². The quantitative estimate of drug-likeness (QED) is 0.418. The maximum absolute atomic E-state index is 11.2. The lowest BCUT2D eigenvalue weighted by Gasteiger charge is -2.38. The third-order valence-corrected chi connectivity index (χ3v) is 7.78. The van der Waals surface area contributed by atoms with Crippen LogP contribution in [-0.2, 0) is 18.8 Å². The second kappa shape index (κ2) is 6.30. The van der Waals surface area contributed by atoms with Crippen LogP contribution >= 0.6 is 0 Å². The van der Waals surface area contributed by atoms with Gasteiger partial charge in [0.25, 0.3) is 0 Å². The van der Waals surface area contributed by atoms with Crippen molar-refractivity contribution in [2.75, 3.05) is 7.11 Å². The molecule has 0 amide bonds. The van der Waals surface area contributed by atoms with E-state index in [4.69, 9.17) is 4.43 Å². The summed E-state index contributed by atoms with van der Waals surface area (Å²) in [4.78, 5) is 21.8. The third-order valence-electron chi connectivity index (χ3n) is 3.25. The molecule has 0 heterocycles. The molecule has 0 rings (SSSR count). The topological polar surface area (TPSA) is 52.6 Å². The molecule has 0 aromatic rings. The average molecular weight is 260 g/mol. The average Bonchev–Trinajstić information content (AvgIpc) is 2.15. The SMILES string of the molecule is COC(=O)C[C@@H](CC=O)O[Si](C)(C)C(C)(C)C. The lowest BCUT2D eigenvalue weighted by molar-refractivity contribution is -0.142.